The zero-order chi connectivity index (χ0) is 13.9. The summed E-state index contributed by atoms with van der Waals surface area (Å²) in [5.41, 5.74) is 0.881. The third-order valence-electron chi connectivity index (χ3n) is 2.65. The van der Waals surface area contributed by atoms with Crippen molar-refractivity contribution in [2.45, 2.75) is 17.9 Å². The number of halogens is 1. The lowest BCUT2D eigenvalue weighted by Gasteiger charge is -2.14. The molecule has 19 heavy (non-hydrogen) atoms. The molecule has 1 N–H and O–H groups in total. The Balaban J connectivity index is 2.26. The van der Waals surface area contributed by atoms with E-state index in [4.69, 9.17) is 11.6 Å². The first-order valence-corrected chi connectivity index (χ1v) is 7.54. The average Bonchev–Trinajstić information content (AvgIpc) is 2.39. The van der Waals surface area contributed by atoms with Crippen molar-refractivity contribution in [2.24, 2.45) is 0 Å². The predicted molar refractivity (Wildman–Crippen MR) is 74.4 cm³/mol. The maximum atomic E-state index is 12.2. The van der Waals surface area contributed by atoms with Crippen LogP contribution in [0.25, 0.3) is 0 Å². The van der Waals surface area contributed by atoms with E-state index in [-0.39, 0.29) is 16.1 Å². The molecule has 0 amide bonds. The van der Waals surface area contributed by atoms with Gasteiger partial charge in [-0.1, -0.05) is 41.9 Å². The summed E-state index contributed by atoms with van der Waals surface area (Å²) < 4.78 is 27.0. The fourth-order valence-electron chi connectivity index (χ4n) is 1.68. The van der Waals surface area contributed by atoms with Gasteiger partial charge in [0.15, 0.2) is 0 Å². The van der Waals surface area contributed by atoms with Gasteiger partial charge in [0.2, 0.25) is 10.0 Å². The largest absolute Gasteiger partial charge is 0.244 e. The van der Waals surface area contributed by atoms with Gasteiger partial charge in [0.05, 0.1) is 0 Å². The zero-order valence-electron chi connectivity index (χ0n) is 10.2. The molecule has 0 aliphatic heterocycles. The number of sulfonamides is 1. The van der Waals surface area contributed by atoms with E-state index in [2.05, 4.69) is 9.71 Å². The summed E-state index contributed by atoms with van der Waals surface area (Å²) in [4.78, 5) is 3.76. The Morgan fingerprint density at radius 3 is 2.47 bits per heavy atom. The van der Waals surface area contributed by atoms with Crippen LogP contribution in [0.3, 0.4) is 0 Å². The van der Waals surface area contributed by atoms with Crippen molar-refractivity contribution >= 4 is 21.6 Å². The highest BCUT2D eigenvalue weighted by Gasteiger charge is 2.21. The van der Waals surface area contributed by atoms with Crippen LogP contribution in [0.5, 0.6) is 0 Å². The molecule has 4 nitrogen and oxygen atoms in total. The standard InChI is InChI=1S/C13H13ClN2O2S/c1-10(11-6-3-2-4-7-11)16-19(17,18)12-8-5-9-15-13(12)14/h2-10,16H,1H3/t10-/m1/s1. The van der Waals surface area contributed by atoms with Crippen LogP contribution in [-0.2, 0) is 10.0 Å². The Hall–Kier alpha value is -1.43. The van der Waals surface area contributed by atoms with Gasteiger partial charge in [0.25, 0.3) is 0 Å². The molecule has 0 saturated heterocycles. The summed E-state index contributed by atoms with van der Waals surface area (Å²) in [5.74, 6) is 0. The van der Waals surface area contributed by atoms with Crippen molar-refractivity contribution < 1.29 is 8.42 Å². The topological polar surface area (TPSA) is 59.1 Å². The van der Waals surface area contributed by atoms with Gasteiger partial charge in [-0.15, -0.1) is 0 Å². The Bertz CT molecular complexity index is 659. The van der Waals surface area contributed by atoms with Gasteiger partial charge in [-0.2, -0.15) is 0 Å². The Morgan fingerprint density at radius 1 is 1.16 bits per heavy atom. The van der Waals surface area contributed by atoms with Gasteiger partial charge < -0.3 is 0 Å². The number of nitrogens with zero attached hydrogens (tertiary/aromatic N) is 1. The van der Waals surface area contributed by atoms with Gasteiger partial charge in [0, 0.05) is 12.2 Å². The average molecular weight is 297 g/mol. The monoisotopic (exact) mass is 296 g/mol. The van der Waals surface area contributed by atoms with E-state index >= 15 is 0 Å². The Kier molecular flexibility index (Phi) is 4.19. The summed E-state index contributed by atoms with van der Waals surface area (Å²) in [6.45, 7) is 1.77. The summed E-state index contributed by atoms with van der Waals surface area (Å²) in [6, 6.07) is 11.9. The molecule has 0 radical (unpaired) electrons. The molecule has 1 aromatic heterocycles. The fraction of sp³-hybridized carbons (Fsp3) is 0.154. The molecule has 0 fully saturated rings. The molecular formula is C13H13ClN2O2S. The van der Waals surface area contributed by atoms with E-state index in [1.807, 2.05) is 30.3 Å². The van der Waals surface area contributed by atoms with Crippen molar-refractivity contribution in [1.82, 2.24) is 9.71 Å². The molecule has 0 bridgehead atoms. The fourth-order valence-corrected chi connectivity index (χ4v) is 3.36. The minimum Gasteiger partial charge on any atom is -0.243 e. The molecule has 2 aromatic rings. The number of hydrogen-bond acceptors (Lipinski definition) is 3. The van der Waals surface area contributed by atoms with Crippen LogP contribution in [0.1, 0.15) is 18.5 Å². The van der Waals surface area contributed by atoms with Crippen molar-refractivity contribution in [3.05, 3.63) is 59.4 Å². The molecule has 2 rings (SSSR count). The van der Waals surface area contributed by atoms with Crippen LogP contribution in [0.4, 0.5) is 0 Å². The van der Waals surface area contributed by atoms with Gasteiger partial charge in [-0.05, 0) is 24.6 Å². The SMILES string of the molecule is C[C@@H](NS(=O)(=O)c1cccnc1Cl)c1ccccc1. The number of rotatable bonds is 4. The summed E-state index contributed by atoms with van der Waals surface area (Å²) >= 11 is 5.81. The third-order valence-corrected chi connectivity index (χ3v) is 4.63. The maximum Gasteiger partial charge on any atom is 0.244 e. The van der Waals surface area contributed by atoms with E-state index < -0.39 is 10.0 Å². The minimum atomic E-state index is -3.68. The number of aromatic nitrogens is 1. The molecule has 6 heteroatoms. The number of benzene rings is 1. The van der Waals surface area contributed by atoms with Crippen molar-refractivity contribution in [3.8, 4) is 0 Å². The first-order valence-electron chi connectivity index (χ1n) is 5.68. The highest BCUT2D eigenvalue weighted by Crippen LogP contribution is 2.21. The Morgan fingerprint density at radius 2 is 1.84 bits per heavy atom. The molecule has 0 spiro atoms. The number of pyridine rings is 1. The first-order chi connectivity index (χ1) is 9.00. The normalized spacial score (nSPS) is 13.2. The van der Waals surface area contributed by atoms with Crippen molar-refractivity contribution in [3.63, 3.8) is 0 Å². The minimum absolute atomic E-state index is 0.0144. The van der Waals surface area contributed by atoms with E-state index in [0.29, 0.717) is 0 Å². The molecule has 1 heterocycles. The second-order valence-electron chi connectivity index (χ2n) is 4.05. The molecule has 0 unspecified atom stereocenters. The lowest BCUT2D eigenvalue weighted by molar-refractivity contribution is 0.566. The van der Waals surface area contributed by atoms with Crippen LogP contribution < -0.4 is 4.72 Å². The molecule has 1 atom stereocenters. The van der Waals surface area contributed by atoms with Crippen LogP contribution in [0, 0.1) is 0 Å². The second-order valence-corrected chi connectivity index (χ2v) is 6.09. The summed E-state index contributed by atoms with van der Waals surface area (Å²) in [5, 5.41) is -0.0322. The van der Waals surface area contributed by atoms with Gasteiger partial charge in [-0.3, -0.25) is 0 Å². The van der Waals surface area contributed by atoms with Crippen LogP contribution in [0.2, 0.25) is 5.15 Å². The third kappa shape index (κ3) is 3.32. The van der Waals surface area contributed by atoms with Gasteiger partial charge in [-0.25, -0.2) is 18.1 Å². The predicted octanol–water partition coefficient (Wildman–Crippen LogP) is 2.77. The Labute approximate surface area is 117 Å². The van der Waals surface area contributed by atoms with Gasteiger partial charge in [0.1, 0.15) is 10.0 Å². The molecule has 100 valence electrons. The highest BCUT2D eigenvalue weighted by molar-refractivity contribution is 7.89. The smallest absolute Gasteiger partial charge is 0.243 e. The molecular weight excluding hydrogens is 284 g/mol. The zero-order valence-corrected chi connectivity index (χ0v) is 11.8. The number of hydrogen-bond donors (Lipinski definition) is 1. The highest BCUT2D eigenvalue weighted by atomic mass is 35.5. The number of nitrogens with one attached hydrogen (secondary N) is 1. The van der Waals surface area contributed by atoms with Crippen LogP contribution >= 0.6 is 11.6 Å². The summed E-state index contributed by atoms with van der Waals surface area (Å²) in [6.07, 6.45) is 1.45. The molecule has 0 aliphatic rings. The van der Waals surface area contributed by atoms with Gasteiger partial charge >= 0.3 is 0 Å². The van der Waals surface area contributed by atoms with E-state index in [1.165, 1.54) is 18.3 Å². The van der Waals surface area contributed by atoms with E-state index in [1.54, 1.807) is 6.92 Å². The quantitative estimate of drug-likeness (QED) is 0.883. The molecule has 0 aliphatic carbocycles. The molecule has 0 saturated carbocycles. The summed E-state index contributed by atoms with van der Waals surface area (Å²) in [7, 11) is -3.68. The lowest BCUT2D eigenvalue weighted by atomic mass is 10.1. The van der Waals surface area contributed by atoms with Crippen LogP contribution in [0.15, 0.2) is 53.6 Å². The van der Waals surface area contributed by atoms with E-state index in [9.17, 15) is 8.42 Å². The molecule has 1 aromatic carbocycles. The second kappa shape index (κ2) is 5.69. The van der Waals surface area contributed by atoms with Crippen molar-refractivity contribution in [1.29, 1.82) is 0 Å². The lowest BCUT2D eigenvalue weighted by Crippen LogP contribution is -2.27. The first kappa shape index (κ1) is 14.0. The maximum absolute atomic E-state index is 12.2. The van der Waals surface area contributed by atoms with E-state index in [0.717, 1.165) is 5.56 Å². The van der Waals surface area contributed by atoms with Crippen LogP contribution in [-0.4, -0.2) is 13.4 Å². The van der Waals surface area contributed by atoms with Crippen molar-refractivity contribution in [2.75, 3.05) is 0 Å².